The summed E-state index contributed by atoms with van der Waals surface area (Å²) in [5, 5.41) is 9.72. The summed E-state index contributed by atoms with van der Waals surface area (Å²) in [5.41, 5.74) is 0. The minimum absolute atomic E-state index is 0.0702. The molecule has 0 saturated heterocycles. The summed E-state index contributed by atoms with van der Waals surface area (Å²) < 4.78 is 10.8. The van der Waals surface area contributed by atoms with E-state index < -0.39 is 6.10 Å². The number of allylic oxidation sites excluding steroid dienone is 24. The van der Waals surface area contributed by atoms with E-state index in [4.69, 9.17) is 9.47 Å². The number of carbonyl (C=O) groups is 2. The van der Waals surface area contributed by atoms with Crippen LogP contribution in [0.25, 0.3) is 0 Å². The predicted molar refractivity (Wildman–Crippen MR) is 398 cm³/mol. The SMILES string of the molecule is CC/C=C\C/C=C\C/C=C\C/C=C\C/C=C\C/C=C\C/C=C\C/C=C\CCCCCCCCCCCCC(=O)OC(CO)COC(=O)CCCCCCCCCCCCCCCCCCCCCCCCCCCCCC/C=C\C/C=C\C/C=C\C/C=C\CC. The number of ether oxygens (including phenoxy) is 2. The van der Waals surface area contributed by atoms with Gasteiger partial charge in [-0.15, -0.1) is 0 Å². The van der Waals surface area contributed by atoms with Gasteiger partial charge in [0.25, 0.3) is 0 Å². The standard InChI is InChI=1S/C85H144O5/c1-3-5-7-9-11-13-15-17-19-21-23-25-27-29-31-33-35-37-39-40-41-42-43-44-46-47-49-51-53-55-57-59-61-63-65-67-69-71-73-75-77-79-84(87)89-82-83(81-86)90-85(88)80-78-76-74-72-70-68-66-64-62-60-58-56-54-52-50-48-45-38-36-34-32-30-28-26-24-22-20-18-16-14-12-10-8-6-4-2/h5-8,11-14,17-20,23-26,30,32,36,38,48,50,54,56,83,86H,3-4,9-10,15-16,21-22,27-29,31,33-35,37,39-47,49,51-53,55,57-82H2,1-2H3/b7-5-,8-6-,13-11-,14-12-,19-17-,20-18-,25-23-,26-24-,32-30-,38-36-,50-48-,56-54-. The molecular formula is C85H144O5. The maximum absolute atomic E-state index is 12.4. The highest BCUT2D eigenvalue weighted by atomic mass is 16.6. The summed E-state index contributed by atoms with van der Waals surface area (Å²) >= 11 is 0. The van der Waals surface area contributed by atoms with Crippen molar-refractivity contribution < 1.29 is 24.2 Å². The van der Waals surface area contributed by atoms with Crippen molar-refractivity contribution in [2.24, 2.45) is 0 Å². The summed E-state index contributed by atoms with van der Waals surface area (Å²) in [7, 11) is 0. The van der Waals surface area contributed by atoms with Crippen molar-refractivity contribution in [3.05, 3.63) is 146 Å². The van der Waals surface area contributed by atoms with Gasteiger partial charge in [0.05, 0.1) is 6.61 Å². The van der Waals surface area contributed by atoms with Gasteiger partial charge in [-0.2, -0.15) is 0 Å². The molecule has 0 bridgehead atoms. The van der Waals surface area contributed by atoms with Crippen molar-refractivity contribution in [2.75, 3.05) is 13.2 Å². The average Bonchev–Trinajstić information content (AvgIpc) is 3.58. The van der Waals surface area contributed by atoms with Crippen molar-refractivity contribution in [3.8, 4) is 0 Å². The van der Waals surface area contributed by atoms with Crippen molar-refractivity contribution >= 4 is 11.9 Å². The third kappa shape index (κ3) is 76.2. The second kappa shape index (κ2) is 79.0. The van der Waals surface area contributed by atoms with Crippen LogP contribution in [0.1, 0.15) is 361 Å². The fourth-order valence-corrected chi connectivity index (χ4v) is 11.0. The van der Waals surface area contributed by atoms with Crippen LogP contribution in [-0.4, -0.2) is 36.4 Å². The van der Waals surface area contributed by atoms with Gasteiger partial charge in [-0.3, -0.25) is 9.59 Å². The number of aliphatic hydroxyl groups is 1. The van der Waals surface area contributed by atoms with Crippen molar-refractivity contribution in [2.45, 2.75) is 367 Å². The lowest BCUT2D eigenvalue weighted by atomic mass is 10.0. The van der Waals surface area contributed by atoms with Crippen molar-refractivity contribution in [1.29, 1.82) is 0 Å². The zero-order chi connectivity index (χ0) is 64.7. The van der Waals surface area contributed by atoms with Crippen LogP contribution in [0, 0.1) is 0 Å². The van der Waals surface area contributed by atoms with Gasteiger partial charge in [0.15, 0.2) is 6.10 Å². The molecule has 0 aliphatic heterocycles. The third-order valence-corrected chi connectivity index (χ3v) is 16.6. The summed E-state index contributed by atoms with van der Waals surface area (Å²) in [6.45, 7) is 3.94. The highest BCUT2D eigenvalue weighted by molar-refractivity contribution is 5.70. The number of esters is 2. The topological polar surface area (TPSA) is 72.8 Å². The molecular weight excluding hydrogens is 1100 g/mol. The molecule has 0 fully saturated rings. The van der Waals surface area contributed by atoms with Gasteiger partial charge in [-0.1, -0.05) is 378 Å². The number of hydrogen-bond acceptors (Lipinski definition) is 5. The van der Waals surface area contributed by atoms with Gasteiger partial charge < -0.3 is 14.6 Å². The first-order valence-corrected chi connectivity index (χ1v) is 38.4. The minimum atomic E-state index is -0.783. The van der Waals surface area contributed by atoms with E-state index in [9.17, 15) is 14.7 Å². The Balaban J connectivity index is 3.45. The molecule has 0 spiro atoms. The summed E-state index contributed by atoms with van der Waals surface area (Å²) in [6.07, 6.45) is 119. The monoisotopic (exact) mass is 1250 g/mol. The Labute approximate surface area is 558 Å². The Morgan fingerprint density at radius 2 is 0.444 bits per heavy atom. The van der Waals surface area contributed by atoms with Gasteiger partial charge in [0.1, 0.15) is 6.61 Å². The van der Waals surface area contributed by atoms with Crippen molar-refractivity contribution in [3.63, 3.8) is 0 Å². The van der Waals surface area contributed by atoms with Crippen molar-refractivity contribution in [1.82, 2.24) is 0 Å². The van der Waals surface area contributed by atoms with Gasteiger partial charge in [0, 0.05) is 12.8 Å². The van der Waals surface area contributed by atoms with E-state index in [1.165, 1.54) is 218 Å². The Bertz CT molecular complexity index is 1850. The quantitative estimate of drug-likeness (QED) is 0.0373. The molecule has 0 aromatic carbocycles. The van der Waals surface area contributed by atoms with Gasteiger partial charge in [-0.25, -0.2) is 0 Å². The number of rotatable bonds is 70. The number of aliphatic hydroxyl groups excluding tert-OH is 1. The molecule has 90 heavy (non-hydrogen) atoms. The van der Waals surface area contributed by atoms with Crippen LogP contribution in [0.4, 0.5) is 0 Å². The molecule has 0 radical (unpaired) electrons. The number of unbranched alkanes of at least 4 members (excludes halogenated alkanes) is 38. The molecule has 5 heteroatoms. The molecule has 0 aliphatic rings. The molecule has 5 nitrogen and oxygen atoms in total. The second-order valence-corrected chi connectivity index (χ2v) is 25.3. The lowest BCUT2D eigenvalue weighted by molar-refractivity contribution is -0.161. The lowest BCUT2D eigenvalue weighted by Crippen LogP contribution is -2.28. The molecule has 1 atom stereocenters. The molecule has 514 valence electrons. The van der Waals surface area contributed by atoms with Gasteiger partial charge in [-0.05, 0) is 116 Å². The molecule has 1 unspecified atom stereocenters. The number of hydrogen-bond donors (Lipinski definition) is 1. The van der Waals surface area contributed by atoms with E-state index in [1.807, 2.05) is 0 Å². The summed E-state index contributed by atoms with van der Waals surface area (Å²) in [6, 6.07) is 0. The maximum Gasteiger partial charge on any atom is 0.306 e. The van der Waals surface area contributed by atoms with E-state index in [-0.39, 0.29) is 25.2 Å². The van der Waals surface area contributed by atoms with Crippen LogP contribution in [-0.2, 0) is 19.1 Å². The highest BCUT2D eigenvalue weighted by Crippen LogP contribution is 2.18. The second-order valence-electron chi connectivity index (χ2n) is 25.3. The first-order valence-electron chi connectivity index (χ1n) is 38.4. The van der Waals surface area contributed by atoms with E-state index in [1.54, 1.807) is 0 Å². The fourth-order valence-electron chi connectivity index (χ4n) is 11.0. The Morgan fingerprint density at radius 1 is 0.256 bits per heavy atom. The molecule has 0 aliphatic carbocycles. The van der Waals surface area contributed by atoms with Gasteiger partial charge in [0.2, 0.25) is 0 Å². The summed E-state index contributed by atoms with van der Waals surface area (Å²) in [4.78, 5) is 24.7. The number of carbonyl (C=O) groups excluding carboxylic acids is 2. The van der Waals surface area contributed by atoms with E-state index in [2.05, 4.69) is 160 Å². The zero-order valence-electron chi connectivity index (χ0n) is 59.1. The lowest BCUT2D eigenvalue weighted by Gasteiger charge is -2.15. The molecule has 0 aromatic rings. The van der Waals surface area contributed by atoms with Crippen LogP contribution >= 0.6 is 0 Å². The zero-order valence-corrected chi connectivity index (χ0v) is 59.1. The Morgan fingerprint density at radius 3 is 0.667 bits per heavy atom. The first-order chi connectivity index (χ1) is 44.6. The fraction of sp³-hybridized carbons (Fsp3) is 0.694. The smallest absolute Gasteiger partial charge is 0.306 e. The largest absolute Gasteiger partial charge is 0.462 e. The van der Waals surface area contributed by atoms with E-state index in [0.717, 1.165) is 116 Å². The Hall–Kier alpha value is -4.22. The van der Waals surface area contributed by atoms with Crippen LogP contribution in [0.3, 0.4) is 0 Å². The third-order valence-electron chi connectivity index (χ3n) is 16.6. The first kappa shape index (κ1) is 85.8. The molecule has 0 saturated carbocycles. The van der Waals surface area contributed by atoms with Crippen LogP contribution in [0.2, 0.25) is 0 Å². The van der Waals surface area contributed by atoms with E-state index in [0.29, 0.717) is 12.8 Å². The van der Waals surface area contributed by atoms with Crippen LogP contribution < -0.4 is 0 Å². The molecule has 1 N–H and O–H groups in total. The predicted octanol–water partition coefficient (Wildman–Crippen LogP) is 27.2. The van der Waals surface area contributed by atoms with E-state index >= 15 is 0 Å². The highest BCUT2D eigenvalue weighted by Gasteiger charge is 2.16. The Kier molecular flexibility index (Phi) is 75.3. The molecule has 0 heterocycles. The molecule has 0 rings (SSSR count). The van der Waals surface area contributed by atoms with Crippen LogP contribution in [0.15, 0.2) is 146 Å². The summed E-state index contributed by atoms with van der Waals surface area (Å²) in [5.74, 6) is -0.587. The molecule has 0 aromatic heterocycles. The van der Waals surface area contributed by atoms with Crippen LogP contribution in [0.5, 0.6) is 0 Å². The average molecular weight is 1250 g/mol. The molecule has 0 amide bonds. The maximum atomic E-state index is 12.4. The minimum Gasteiger partial charge on any atom is -0.462 e. The normalized spacial score (nSPS) is 13.1. The van der Waals surface area contributed by atoms with Gasteiger partial charge >= 0.3 is 11.9 Å².